The molecule has 0 bridgehead atoms. The van der Waals surface area contributed by atoms with Gasteiger partial charge < -0.3 is 19.6 Å². The standard InChI is InChI=1S/C28H36N6O3/c1-4-11-33-18-24-25(27(33)37)29-28(32-15-13-31(14-16-32)20(3)36)30-26(24)34-12-5-6-23(34)17-21-7-9-22(10-8-21)19(2)35/h7-10,23H,4-6,11-18H2,1-3H3. The number of rotatable bonds is 7. The number of carbonyl (C=O) groups excluding carboxylic acids is 3. The lowest BCUT2D eigenvalue weighted by molar-refractivity contribution is -0.129. The van der Waals surface area contributed by atoms with Crippen LogP contribution in [0.4, 0.5) is 11.8 Å². The van der Waals surface area contributed by atoms with Crippen LogP contribution in [0.3, 0.4) is 0 Å². The Balaban J connectivity index is 1.45. The van der Waals surface area contributed by atoms with E-state index in [1.807, 2.05) is 34.1 Å². The third-order valence-corrected chi connectivity index (χ3v) is 7.79. The minimum Gasteiger partial charge on any atom is -0.353 e. The molecule has 0 N–H and O–H groups in total. The first-order valence-electron chi connectivity index (χ1n) is 13.4. The van der Waals surface area contributed by atoms with Gasteiger partial charge in [-0.15, -0.1) is 0 Å². The summed E-state index contributed by atoms with van der Waals surface area (Å²) < 4.78 is 0. The fourth-order valence-electron chi connectivity index (χ4n) is 5.72. The summed E-state index contributed by atoms with van der Waals surface area (Å²) in [5, 5.41) is 0. The van der Waals surface area contributed by atoms with Gasteiger partial charge in [-0.2, -0.15) is 4.98 Å². The van der Waals surface area contributed by atoms with Crippen molar-refractivity contribution in [1.29, 1.82) is 0 Å². The maximum absolute atomic E-state index is 13.3. The minimum atomic E-state index is -0.0142. The number of nitrogens with zero attached hydrogens (tertiary/aromatic N) is 6. The molecule has 2 fully saturated rings. The van der Waals surface area contributed by atoms with Gasteiger partial charge >= 0.3 is 0 Å². The predicted molar refractivity (Wildman–Crippen MR) is 142 cm³/mol. The normalized spacial score (nSPS) is 19.5. The van der Waals surface area contributed by atoms with Gasteiger partial charge in [0.1, 0.15) is 11.5 Å². The Labute approximate surface area is 218 Å². The number of Topliss-reactive ketones (excluding diaryl/α,β-unsaturated/α-hetero) is 1. The Bertz CT molecular complexity index is 1190. The predicted octanol–water partition coefficient (Wildman–Crippen LogP) is 2.93. The molecule has 0 aliphatic carbocycles. The molecule has 0 radical (unpaired) electrons. The number of fused-ring (bicyclic) bond motifs is 1. The summed E-state index contributed by atoms with van der Waals surface area (Å²) >= 11 is 0. The van der Waals surface area contributed by atoms with E-state index in [1.165, 1.54) is 5.56 Å². The highest BCUT2D eigenvalue weighted by atomic mass is 16.2. The summed E-state index contributed by atoms with van der Waals surface area (Å²) in [6, 6.07) is 8.16. The number of hydrogen-bond acceptors (Lipinski definition) is 7. The van der Waals surface area contributed by atoms with Crippen molar-refractivity contribution in [2.45, 2.75) is 59.0 Å². The molecular formula is C28H36N6O3. The molecule has 5 rings (SSSR count). The van der Waals surface area contributed by atoms with E-state index in [-0.39, 0.29) is 23.6 Å². The van der Waals surface area contributed by atoms with Crippen LogP contribution in [0.5, 0.6) is 0 Å². The van der Waals surface area contributed by atoms with Crippen molar-refractivity contribution < 1.29 is 14.4 Å². The highest BCUT2D eigenvalue weighted by Gasteiger charge is 2.37. The summed E-state index contributed by atoms with van der Waals surface area (Å²) in [7, 11) is 0. The van der Waals surface area contributed by atoms with E-state index in [9.17, 15) is 14.4 Å². The average Bonchev–Trinajstić information content (AvgIpc) is 3.48. The van der Waals surface area contributed by atoms with E-state index in [1.54, 1.807) is 13.8 Å². The SMILES string of the molecule is CCCN1Cc2c(nc(N3CCN(C(C)=O)CC3)nc2N2CCCC2Cc2ccc(C(C)=O)cc2)C1=O. The van der Waals surface area contributed by atoms with Gasteiger partial charge in [-0.05, 0) is 38.2 Å². The molecule has 9 nitrogen and oxygen atoms in total. The first kappa shape index (κ1) is 25.2. The number of ketones is 1. The Hall–Kier alpha value is -3.49. The molecule has 1 aromatic carbocycles. The highest BCUT2D eigenvalue weighted by molar-refractivity contribution is 5.98. The summed E-state index contributed by atoms with van der Waals surface area (Å²) in [5.74, 6) is 1.60. The van der Waals surface area contributed by atoms with Gasteiger partial charge in [0.2, 0.25) is 11.9 Å². The Morgan fingerprint density at radius 3 is 2.38 bits per heavy atom. The number of piperazine rings is 1. The van der Waals surface area contributed by atoms with E-state index >= 15 is 0 Å². The van der Waals surface area contributed by atoms with Crippen LogP contribution in [0, 0.1) is 0 Å². The van der Waals surface area contributed by atoms with E-state index in [2.05, 4.69) is 16.7 Å². The maximum atomic E-state index is 13.3. The van der Waals surface area contributed by atoms with Gasteiger partial charge in [0, 0.05) is 63.4 Å². The Morgan fingerprint density at radius 1 is 1.00 bits per heavy atom. The molecule has 1 unspecified atom stereocenters. The maximum Gasteiger partial charge on any atom is 0.273 e. The van der Waals surface area contributed by atoms with Crippen molar-refractivity contribution in [2.75, 3.05) is 49.1 Å². The molecule has 3 aliphatic rings. The molecule has 196 valence electrons. The second-order valence-corrected chi connectivity index (χ2v) is 10.3. The van der Waals surface area contributed by atoms with Gasteiger partial charge in [-0.1, -0.05) is 31.2 Å². The van der Waals surface area contributed by atoms with Gasteiger partial charge in [0.25, 0.3) is 5.91 Å². The molecule has 2 amide bonds. The lowest BCUT2D eigenvalue weighted by Crippen LogP contribution is -2.48. The van der Waals surface area contributed by atoms with Crippen molar-refractivity contribution in [2.24, 2.45) is 0 Å². The zero-order valence-corrected chi connectivity index (χ0v) is 22.1. The van der Waals surface area contributed by atoms with Gasteiger partial charge in [0.15, 0.2) is 5.78 Å². The lowest BCUT2D eigenvalue weighted by Gasteiger charge is -2.35. The number of aromatic nitrogens is 2. The largest absolute Gasteiger partial charge is 0.353 e. The number of anilines is 2. The van der Waals surface area contributed by atoms with Crippen LogP contribution < -0.4 is 9.80 Å². The summed E-state index contributed by atoms with van der Waals surface area (Å²) in [6.07, 6.45) is 3.86. The summed E-state index contributed by atoms with van der Waals surface area (Å²) in [6.45, 7) is 9.96. The topological polar surface area (TPSA) is 90.0 Å². The van der Waals surface area contributed by atoms with E-state index in [0.717, 1.165) is 49.2 Å². The smallest absolute Gasteiger partial charge is 0.273 e. The summed E-state index contributed by atoms with van der Waals surface area (Å²) in [4.78, 5) is 54.9. The van der Waals surface area contributed by atoms with E-state index in [0.29, 0.717) is 50.9 Å². The van der Waals surface area contributed by atoms with E-state index in [4.69, 9.17) is 9.97 Å². The third-order valence-electron chi connectivity index (χ3n) is 7.79. The second-order valence-electron chi connectivity index (χ2n) is 10.3. The van der Waals surface area contributed by atoms with Crippen LogP contribution >= 0.6 is 0 Å². The van der Waals surface area contributed by atoms with Crippen molar-refractivity contribution >= 4 is 29.4 Å². The Kier molecular flexibility index (Phi) is 7.13. The van der Waals surface area contributed by atoms with E-state index < -0.39 is 0 Å². The van der Waals surface area contributed by atoms with Crippen LogP contribution in [0.1, 0.15) is 72.0 Å². The van der Waals surface area contributed by atoms with Crippen LogP contribution in [-0.2, 0) is 17.8 Å². The average molecular weight is 505 g/mol. The molecule has 1 atom stereocenters. The lowest BCUT2D eigenvalue weighted by atomic mass is 10.0. The van der Waals surface area contributed by atoms with Crippen LogP contribution in [0.15, 0.2) is 24.3 Å². The van der Waals surface area contributed by atoms with Crippen LogP contribution in [0.2, 0.25) is 0 Å². The number of carbonyl (C=O) groups is 3. The molecule has 9 heteroatoms. The zero-order chi connectivity index (χ0) is 26.1. The second kappa shape index (κ2) is 10.5. The first-order chi connectivity index (χ1) is 17.9. The molecule has 37 heavy (non-hydrogen) atoms. The monoisotopic (exact) mass is 504 g/mol. The Morgan fingerprint density at radius 2 is 1.73 bits per heavy atom. The fraction of sp³-hybridized carbons (Fsp3) is 0.536. The van der Waals surface area contributed by atoms with Crippen molar-refractivity contribution in [3.05, 3.63) is 46.6 Å². The van der Waals surface area contributed by atoms with Gasteiger partial charge in [0.05, 0.1) is 6.54 Å². The van der Waals surface area contributed by atoms with Crippen LogP contribution in [0.25, 0.3) is 0 Å². The number of amides is 2. The van der Waals surface area contributed by atoms with Crippen LogP contribution in [-0.4, -0.2) is 82.7 Å². The summed E-state index contributed by atoms with van der Waals surface area (Å²) in [5.41, 5.74) is 3.38. The quantitative estimate of drug-likeness (QED) is 0.536. The molecule has 1 aromatic heterocycles. The molecule has 2 aromatic rings. The minimum absolute atomic E-state index is 0.0142. The molecule has 3 aliphatic heterocycles. The van der Waals surface area contributed by atoms with Crippen molar-refractivity contribution in [3.63, 3.8) is 0 Å². The highest BCUT2D eigenvalue weighted by Crippen LogP contribution is 2.36. The van der Waals surface area contributed by atoms with Crippen molar-refractivity contribution in [3.8, 4) is 0 Å². The number of hydrogen-bond donors (Lipinski definition) is 0. The first-order valence-corrected chi connectivity index (χ1v) is 13.4. The molecule has 0 spiro atoms. The fourth-order valence-corrected chi connectivity index (χ4v) is 5.72. The number of benzene rings is 1. The molecule has 0 saturated carbocycles. The molecular weight excluding hydrogens is 468 g/mol. The van der Waals surface area contributed by atoms with Gasteiger partial charge in [-0.25, -0.2) is 4.98 Å². The van der Waals surface area contributed by atoms with Gasteiger partial charge in [-0.3, -0.25) is 14.4 Å². The molecule has 2 saturated heterocycles. The van der Waals surface area contributed by atoms with Crippen molar-refractivity contribution in [1.82, 2.24) is 19.8 Å². The zero-order valence-electron chi connectivity index (χ0n) is 22.1. The third kappa shape index (κ3) is 5.04. The molecule has 4 heterocycles.